The predicted octanol–water partition coefficient (Wildman–Crippen LogP) is 5.49. The third kappa shape index (κ3) is 4.36. The van der Waals surface area contributed by atoms with Gasteiger partial charge in [0.2, 0.25) is 0 Å². The topological polar surface area (TPSA) is 55.5 Å². The Balaban J connectivity index is 1.55. The molecule has 0 bridgehead atoms. The normalized spacial score (nSPS) is 18.0. The van der Waals surface area contributed by atoms with Gasteiger partial charge in [0.05, 0.1) is 30.6 Å². The first-order valence-corrected chi connectivity index (χ1v) is 11.5. The third-order valence-corrected chi connectivity index (χ3v) is 5.97. The summed E-state index contributed by atoms with van der Waals surface area (Å²) in [6.45, 7) is 4.69. The van der Waals surface area contributed by atoms with Crippen LogP contribution in [0.3, 0.4) is 0 Å². The summed E-state index contributed by atoms with van der Waals surface area (Å²) in [4.78, 5) is 6.81. The van der Waals surface area contributed by atoms with Crippen molar-refractivity contribution in [1.29, 1.82) is 0 Å². The Morgan fingerprint density at radius 2 is 1.91 bits per heavy atom. The highest BCUT2D eigenvalue weighted by molar-refractivity contribution is 7.80. The SMILES string of the molecule is CC(C)Oc1ccc(N2C(=S)N[C@H](c3ccccn3)[C@@H]2c2cccn2Cc2ccco2)cc1. The number of thiocarbonyl (C=S) groups is 1. The Morgan fingerprint density at radius 1 is 1.06 bits per heavy atom. The molecule has 0 unspecified atom stereocenters. The van der Waals surface area contributed by atoms with Crippen molar-refractivity contribution < 1.29 is 9.15 Å². The lowest BCUT2D eigenvalue weighted by atomic mass is 10.0. The molecule has 0 radical (unpaired) electrons. The number of ether oxygens (including phenoxy) is 1. The second-order valence-corrected chi connectivity index (χ2v) is 8.68. The zero-order chi connectivity index (χ0) is 22.8. The number of nitrogens with one attached hydrogen (secondary N) is 1. The fourth-order valence-electron chi connectivity index (χ4n) is 4.30. The summed E-state index contributed by atoms with van der Waals surface area (Å²) in [6, 6.07) is 22.0. The van der Waals surface area contributed by atoms with Gasteiger partial charge in [0.15, 0.2) is 5.11 Å². The number of anilines is 1. The van der Waals surface area contributed by atoms with E-state index in [1.54, 1.807) is 6.26 Å². The minimum absolute atomic E-state index is 0.0887. The van der Waals surface area contributed by atoms with Crippen molar-refractivity contribution in [1.82, 2.24) is 14.9 Å². The van der Waals surface area contributed by atoms with Crippen molar-refractivity contribution in [2.24, 2.45) is 0 Å². The van der Waals surface area contributed by atoms with Gasteiger partial charge < -0.3 is 23.9 Å². The molecule has 2 atom stereocenters. The summed E-state index contributed by atoms with van der Waals surface area (Å²) >= 11 is 5.84. The zero-order valence-electron chi connectivity index (χ0n) is 18.6. The predicted molar refractivity (Wildman–Crippen MR) is 132 cm³/mol. The molecule has 1 aliphatic rings. The molecular weight excluding hydrogens is 432 g/mol. The molecular formula is C26H26N4O2S. The molecule has 6 nitrogen and oxygen atoms in total. The van der Waals surface area contributed by atoms with Crippen LogP contribution in [0.1, 0.15) is 43.1 Å². The Labute approximate surface area is 198 Å². The standard InChI is InChI=1S/C26H26N4O2S/c1-18(2)32-20-12-10-19(11-13-20)30-25(24(28-26(30)33)22-8-3-4-14-27-22)23-9-5-15-29(23)17-21-7-6-16-31-21/h3-16,18,24-25H,17H2,1-2H3,(H,28,33)/t24-,25+/m1/s1. The van der Waals surface area contributed by atoms with Gasteiger partial charge in [0.25, 0.3) is 0 Å². The van der Waals surface area contributed by atoms with Crippen molar-refractivity contribution in [3.05, 3.63) is 103 Å². The van der Waals surface area contributed by atoms with E-state index in [1.807, 2.05) is 62.5 Å². The Hall–Kier alpha value is -3.58. The molecule has 1 N–H and O–H groups in total. The quantitative estimate of drug-likeness (QED) is 0.370. The van der Waals surface area contributed by atoms with Crippen LogP contribution in [0.5, 0.6) is 5.75 Å². The average Bonchev–Trinajstić information content (AvgIpc) is 3.55. The van der Waals surface area contributed by atoms with Crippen LogP contribution in [0.2, 0.25) is 0 Å². The number of hydrogen-bond donors (Lipinski definition) is 1. The van der Waals surface area contributed by atoms with E-state index in [9.17, 15) is 0 Å². The number of benzene rings is 1. The molecule has 168 valence electrons. The highest BCUT2D eigenvalue weighted by atomic mass is 32.1. The summed E-state index contributed by atoms with van der Waals surface area (Å²) in [7, 11) is 0. The maximum atomic E-state index is 5.84. The number of rotatable bonds is 7. The Kier molecular flexibility index (Phi) is 5.88. The molecule has 1 aromatic carbocycles. The molecule has 1 saturated heterocycles. The Bertz CT molecular complexity index is 1200. The second kappa shape index (κ2) is 9.11. The molecule has 1 aliphatic heterocycles. The van der Waals surface area contributed by atoms with E-state index >= 15 is 0 Å². The van der Waals surface area contributed by atoms with Gasteiger partial charge in [-0.2, -0.15) is 0 Å². The van der Waals surface area contributed by atoms with Gasteiger partial charge in [0, 0.05) is 23.8 Å². The molecule has 1 fully saturated rings. The van der Waals surface area contributed by atoms with Crippen molar-refractivity contribution in [2.45, 2.75) is 38.6 Å². The monoisotopic (exact) mass is 458 g/mol. The Morgan fingerprint density at radius 3 is 2.61 bits per heavy atom. The van der Waals surface area contributed by atoms with Gasteiger partial charge in [-0.05, 0) is 86.7 Å². The van der Waals surface area contributed by atoms with Crippen LogP contribution in [-0.4, -0.2) is 20.8 Å². The molecule has 3 aromatic heterocycles. The minimum atomic E-state index is -0.101. The highest BCUT2D eigenvalue weighted by Gasteiger charge is 2.42. The van der Waals surface area contributed by atoms with Gasteiger partial charge in [-0.1, -0.05) is 6.07 Å². The smallest absolute Gasteiger partial charge is 0.174 e. The van der Waals surface area contributed by atoms with Crippen LogP contribution < -0.4 is 15.0 Å². The van der Waals surface area contributed by atoms with Crippen molar-refractivity contribution in [3.63, 3.8) is 0 Å². The second-order valence-electron chi connectivity index (χ2n) is 8.30. The van der Waals surface area contributed by atoms with Crippen LogP contribution in [0.25, 0.3) is 0 Å². The van der Waals surface area contributed by atoms with Crippen LogP contribution in [0, 0.1) is 0 Å². The molecule has 4 aromatic rings. The van der Waals surface area contributed by atoms with Crippen molar-refractivity contribution >= 4 is 23.0 Å². The van der Waals surface area contributed by atoms with Crippen LogP contribution in [0.4, 0.5) is 5.69 Å². The molecule has 0 aliphatic carbocycles. The fourth-order valence-corrected chi connectivity index (χ4v) is 4.65. The van der Waals surface area contributed by atoms with Crippen molar-refractivity contribution in [2.75, 3.05) is 4.90 Å². The molecule has 0 spiro atoms. The van der Waals surface area contributed by atoms with Crippen molar-refractivity contribution in [3.8, 4) is 5.75 Å². The number of hydrogen-bond acceptors (Lipinski definition) is 4. The minimum Gasteiger partial charge on any atom is -0.491 e. The van der Waals surface area contributed by atoms with E-state index < -0.39 is 0 Å². The molecule has 5 rings (SSSR count). The summed E-state index contributed by atoms with van der Waals surface area (Å²) in [5.74, 6) is 1.74. The molecule has 33 heavy (non-hydrogen) atoms. The summed E-state index contributed by atoms with van der Waals surface area (Å²) in [6.07, 6.45) is 5.72. The number of pyridine rings is 1. The first-order chi connectivity index (χ1) is 16.1. The highest BCUT2D eigenvalue weighted by Crippen LogP contribution is 2.42. The van der Waals surface area contributed by atoms with Crippen LogP contribution in [0.15, 0.2) is 89.8 Å². The summed E-state index contributed by atoms with van der Waals surface area (Å²) < 4.78 is 13.7. The average molecular weight is 459 g/mol. The third-order valence-electron chi connectivity index (χ3n) is 5.66. The fraction of sp³-hybridized carbons (Fsp3) is 0.231. The lowest BCUT2D eigenvalue weighted by Gasteiger charge is -2.29. The molecule has 0 amide bonds. The molecule has 4 heterocycles. The lowest BCUT2D eigenvalue weighted by molar-refractivity contribution is 0.242. The van der Waals surface area contributed by atoms with E-state index in [1.165, 1.54) is 0 Å². The van der Waals surface area contributed by atoms with E-state index in [2.05, 4.69) is 50.2 Å². The first kappa shape index (κ1) is 21.3. The largest absolute Gasteiger partial charge is 0.491 e. The van der Waals surface area contributed by atoms with Crippen LogP contribution >= 0.6 is 12.2 Å². The van der Waals surface area contributed by atoms with Gasteiger partial charge in [-0.15, -0.1) is 0 Å². The zero-order valence-corrected chi connectivity index (χ0v) is 19.4. The maximum Gasteiger partial charge on any atom is 0.174 e. The van der Waals surface area contributed by atoms with Crippen LogP contribution in [-0.2, 0) is 6.54 Å². The lowest BCUT2D eigenvalue weighted by Crippen LogP contribution is -2.30. The summed E-state index contributed by atoms with van der Waals surface area (Å²) in [5, 5.41) is 4.18. The van der Waals surface area contributed by atoms with Gasteiger partial charge in [-0.25, -0.2) is 0 Å². The van der Waals surface area contributed by atoms with E-state index in [0.717, 1.165) is 28.6 Å². The van der Waals surface area contributed by atoms with Gasteiger partial charge >= 0.3 is 0 Å². The maximum absolute atomic E-state index is 5.84. The summed E-state index contributed by atoms with van der Waals surface area (Å²) in [5.41, 5.74) is 3.06. The number of nitrogens with zero attached hydrogens (tertiary/aromatic N) is 3. The van der Waals surface area contributed by atoms with E-state index in [0.29, 0.717) is 11.7 Å². The number of aromatic nitrogens is 2. The van der Waals surface area contributed by atoms with E-state index in [4.69, 9.17) is 21.4 Å². The molecule has 0 saturated carbocycles. The number of furan rings is 1. The first-order valence-electron chi connectivity index (χ1n) is 11.0. The molecule has 7 heteroatoms. The van der Waals surface area contributed by atoms with E-state index in [-0.39, 0.29) is 18.2 Å². The van der Waals surface area contributed by atoms with Gasteiger partial charge in [-0.3, -0.25) is 4.98 Å². The van der Waals surface area contributed by atoms with Gasteiger partial charge in [0.1, 0.15) is 17.6 Å².